The van der Waals surface area contributed by atoms with Crippen molar-refractivity contribution in [2.24, 2.45) is 0 Å². The van der Waals surface area contributed by atoms with Crippen LogP contribution >= 0.6 is 17.0 Å². The fourth-order valence-corrected chi connectivity index (χ4v) is 3.08. The van der Waals surface area contributed by atoms with Gasteiger partial charge in [0.2, 0.25) is 0 Å². The molecule has 0 aliphatic heterocycles. The van der Waals surface area contributed by atoms with E-state index in [9.17, 15) is 0 Å². The first-order chi connectivity index (χ1) is 3.80. The number of allylic oxidation sites excluding steroid dienone is 4. The Hall–Kier alpha value is 0.813. The average molecular weight is 226 g/mol. The molecular weight excluding hydrogens is 222 g/mol. The molecule has 0 heterocycles. The summed E-state index contributed by atoms with van der Waals surface area (Å²) in [5.74, 6) is 0. The second kappa shape index (κ2) is 3.10. The third kappa shape index (κ3) is 1.65. The van der Waals surface area contributed by atoms with Crippen molar-refractivity contribution in [3.05, 3.63) is 24.3 Å². The van der Waals surface area contributed by atoms with Crippen LogP contribution in [0.4, 0.5) is 0 Å². The fourth-order valence-electron chi connectivity index (χ4n) is 0.500. The second-order valence-corrected chi connectivity index (χ2v) is 9.75. The summed E-state index contributed by atoms with van der Waals surface area (Å²) < 4.78 is 1.16. The predicted molar refractivity (Wildman–Crippen MR) is 35.0 cm³/mol. The minimum atomic E-state index is -2.02. The molecule has 0 radical (unpaired) electrons. The topological polar surface area (TPSA) is 0 Å². The summed E-state index contributed by atoms with van der Waals surface area (Å²) in [5, 5.41) is 0. The first-order valence-electron chi connectivity index (χ1n) is 2.21. The van der Waals surface area contributed by atoms with Crippen LogP contribution < -0.4 is 0 Å². The summed E-state index contributed by atoms with van der Waals surface area (Å²) in [5.41, 5.74) is 0. The van der Waals surface area contributed by atoms with Crippen LogP contribution in [-0.2, 0) is 18.9 Å². The van der Waals surface area contributed by atoms with Crippen molar-refractivity contribution >= 4 is 20.2 Å². The summed E-state index contributed by atoms with van der Waals surface area (Å²) in [4.78, 5) is 0. The van der Waals surface area contributed by atoms with Gasteiger partial charge in [-0.05, 0) is 0 Å². The van der Waals surface area contributed by atoms with Gasteiger partial charge >= 0.3 is 63.4 Å². The van der Waals surface area contributed by atoms with E-state index in [2.05, 4.69) is 0 Å². The van der Waals surface area contributed by atoms with E-state index >= 15 is 0 Å². The molecule has 0 bridgehead atoms. The molecule has 0 aromatic heterocycles. The van der Waals surface area contributed by atoms with Crippen molar-refractivity contribution in [2.45, 2.75) is 0 Å². The molecule has 1 aliphatic rings. The average Bonchev–Trinajstić information content (AvgIpc) is 2.12. The van der Waals surface area contributed by atoms with E-state index in [1.807, 2.05) is 24.3 Å². The summed E-state index contributed by atoms with van der Waals surface area (Å²) in [6.45, 7) is 0. The van der Waals surface area contributed by atoms with Gasteiger partial charge in [-0.25, -0.2) is 0 Å². The van der Waals surface area contributed by atoms with Gasteiger partial charge in [-0.2, -0.15) is 0 Å². The zero-order valence-corrected chi connectivity index (χ0v) is 8.04. The molecule has 0 nitrogen and oxygen atoms in total. The Kier molecular flexibility index (Phi) is 2.69. The first-order valence-corrected chi connectivity index (χ1v) is 9.76. The third-order valence-corrected chi connectivity index (χ3v) is 5.36. The quantitative estimate of drug-likeness (QED) is 0.594. The van der Waals surface area contributed by atoms with Crippen LogP contribution in [0.5, 0.6) is 0 Å². The van der Waals surface area contributed by atoms with Gasteiger partial charge in [-0.3, -0.25) is 0 Å². The number of rotatable bonds is 0. The van der Waals surface area contributed by atoms with Crippen molar-refractivity contribution in [2.75, 3.05) is 0 Å². The zero-order chi connectivity index (χ0) is 5.98. The van der Waals surface area contributed by atoms with Crippen LogP contribution in [0.3, 0.4) is 0 Å². The molecule has 0 saturated heterocycles. The Morgan fingerprint density at radius 3 is 1.88 bits per heavy atom. The van der Waals surface area contributed by atoms with Crippen molar-refractivity contribution in [3.8, 4) is 0 Å². The van der Waals surface area contributed by atoms with Crippen LogP contribution in [0.25, 0.3) is 0 Å². The molecule has 8 heavy (non-hydrogen) atoms. The maximum absolute atomic E-state index is 5.71. The predicted octanol–water partition coefficient (Wildman–Crippen LogP) is 2.21. The molecule has 42 valence electrons. The third-order valence-electron chi connectivity index (χ3n) is 0.881. The molecule has 0 saturated carbocycles. The standard InChI is InChI=1S/C5H4.2ClH.Zr/c1-2-4-5-3-1;;;/h1-4H;2*1H;/q;;;+2/p-2. The zero-order valence-electron chi connectivity index (χ0n) is 4.07. The van der Waals surface area contributed by atoms with Crippen LogP contribution in [0.15, 0.2) is 24.3 Å². The molecule has 0 amide bonds. The van der Waals surface area contributed by atoms with Gasteiger partial charge in [0.05, 0.1) is 0 Å². The molecule has 0 aromatic carbocycles. The van der Waals surface area contributed by atoms with Gasteiger partial charge in [0.1, 0.15) is 0 Å². The van der Waals surface area contributed by atoms with Crippen LogP contribution in [0.1, 0.15) is 0 Å². The van der Waals surface area contributed by atoms with E-state index in [0.717, 1.165) is 3.21 Å². The molecule has 0 unspecified atom stereocenters. The maximum atomic E-state index is 5.71. The number of hydrogen-bond donors (Lipinski definition) is 0. The number of halogens is 2. The van der Waals surface area contributed by atoms with E-state index in [4.69, 9.17) is 17.0 Å². The second-order valence-electron chi connectivity index (χ2n) is 1.43. The molecule has 0 spiro atoms. The normalized spacial score (nSPS) is 15.5. The van der Waals surface area contributed by atoms with Crippen molar-refractivity contribution in [1.29, 1.82) is 0 Å². The van der Waals surface area contributed by atoms with E-state index in [1.54, 1.807) is 0 Å². The minimum absolute atomic E-state index is 1.16. The van der Waals surface area contributed by atoms with Crippen molar-refractivity contribution < 1.29 is 18.9 Å². The Bertz CT molecular complexity index is 161. The van der Waals surface area contributed by atoms with Crippen LogP contribution in [0, 0.1) is 0 Å². The molecule has 1 rings (SSSR count). The summed E-state index contributed by atoms with van der Waals surface area (Å²) >= 11 is -2.02. The molecule has 3 heteroatoms. The fraction of sp³-hybridized carbons (Fsp3) is 0. The monoisotopic (exact) mass is 224 g/mol. The van der Waals surface area contributed by atoms with Gasteiger partial charge in [-0.15, -0.1) is 0 Å². The Morgan fingerprint density at radius 1 is 1.12 bits per heavy atom. The van der Waals surface area contributed by atoms with Gasteiger partial charge in [-0.1, -0.05) is 0 Å². The van der Waals surface area contributed by atoms with Crippen molar-refractivity contribution in [1.82, 2.24) is 0 Å². The van der Waals surface area contributed by atoms with E-state index in [-0.39, 0.29) is 0 Å². The number of hydrogen-bond acceptors (Lipinski definition) is 0. The van der Waals surface area contributed by atoms with E-state index in [1.165, 1.54) is 0 Å². The Balaban J connectivity index is 2.90. The van der Waals surface area contributed by atoms with Crippen LogP contribution in [0.2, 0.25) is 0 Å². The van der Waals surface area contributed by atoms with Gasteiger partial charge in [0.25, 0.3) is 0 Å². The molecule has 0 fully saturated rings. The molecule has 0 N–H and O–H groups in total. The van der Waals surface area contributed by atoms with Gasteiger partial charge in [0.15, 0.2) is 0 Å². The molecule has 1 aliphatic carbocycles. The molecule has 0 atom stereocenters. The SMILES string of the molecule is [Cl][Zr]([Cl])=[C]1C=CC=C1. The Labute approximate surface area is 63.0 Å². The molecular formula is C5H4Cl2Zr. The van der Waals surface area contributed by atoms with E-state index in [0.29, 0.717) is 0 Å². The van der Waals surface area contributed by atoms with E-state index < -0.39 is 18.9 Å². The summed E-state index contributed by atoms with van der Waals surface area (Å²) in [6, 6.07) is 0. The van der Waals surface area contributed by atoms with Crippen molar-refractivity contribution in [3.63, 3.8) is 0 Å². The van der Waals surface area contributed by atoms with Gasteiger partial charge < -0.3 is 0 Å². The van der Waals surface area contributed by atoms with Crippen LogP contribution in [-0.4, -0.2) is 3.21 Å². The van der Waals surface area contributed by atoms with Gasteiger partial charge in [0, 0.05) is 0 Å². The summed E-state index contributed by atoms with van der Waals surface area (Å²) in [7, 11) is 11.4. The Morgan fingerprint density at radius 2 is 1.62 bits per heavy atom. The first kappa shape index (κ1) is 6.93. The summed E-state index contributed by atoms with van der Waals surface area (Å²) in [6.07, 6.45) is 7.88. The molecule has 0 aromatic rings.